The van der Waals surface area contributed by atoms with Crippen molar-refractivity contribution >= 4 is 52.3 Å². The largest absolute Gasteiger partial charge is 0.398 e. The number of nitrogens with zero attached hydrogens (tertiary/aromatic N) is 3. The predicted molar refractivity (Wildman–Crippen MR) is 169 cm³/mol. The van der Waals surface area contributed by atoms with Gasteiger partial charge in [-0.3, -0.25) is 15.2 Å². The van der Waals surface area contributed by atoms with E-state index in [1.807, 2.05) is 11.8 Å². The third-order valence-corrected chi connectivity index (χ3v) is 8.48. The Kier molecular flexibility index (Phi) is 8.13. The predicted octanol–water partition coefficient (Wildman–Crippen LogP) is 4.98. The number of carbonyl (C=O) groups is 1. The number of nitrogens with two attached hydrogens (primary N) is 1. The van der Waals surface area contributed by atoms with Crippen molar-refractivity contribution in [1.29, 1.82) is 10.8 Å². The zero-order valence-corrected chi connectivity index (χ0v) is 24.9. The zero-order chi connectivity index (χ0) is 31.2. The van der Waals surface area contributed by atoms with Gasteiger partial charge in [0.1, 0.15) is 5.84 Å². The van der Waals surface area contributed by atoms with Crippen LogP contribution >= 0.6 is 11.6 Å². The SMILES string of the molecule is C=CC(=O)N1CCN2C(=N)c3c(Nc4c(C)ccnc4C(C)O)c(F)c(-c4c(C)ccc(N)c4C=N)c(Cl)c3NCC2C1. The first-order valence-electron chi connectivity index (χ1n) is 13.9. The first-order chi connectivity index (χ1) is 20.5. The van der Waals surface area contributed by atoms with Crippen LogP contribution in [0.15, 0.2) is 37.1 Å². The van der Waals surface area contributed by atoms with Gasteiger partial charge < -0.3 is 36.7 Å². The minimum atomic E-state index is -0.964. The van der Waals surface area contributed by atoms with Crippen LogP contribution in [0, 0.1) is 30.5 Å². The molecule has 0 bridgehead atoms. The number of pyridine rings is 1. The molecule has 2 unspecified atom stereocenters. The number of anilines is 4. The summed E-state index contributed by atoms with van der Waals surface area (Å²) in [6, 6.07) is 4.84. The van der Waals surface area contributed by atoms with Crippen LogP contribution in [0.1, 0.15) is 41.0 Å². The molecule has 1 saturated heterocycles. The number of carbonyl (C=O) groups excluding carboxylic acids is 1. The van der Waals surface area contributed by atoms with Gasteiger partial charge in [0.15, 0.2) is 5.82 Å². The van der Waals surface area contributed by atoms with E-state index >= 15 is 4.39 Å². The lowest BCUT2D eigenvalue weighted by molar-refractivity contribution is -0.128. The molecule has 2 aliphatic rings. The van der Waals surface area contributed by atoms with Crippen LogP contribution in [0.4, 0.5) is 27.1 Å². The summed E-state index contributed by atoms with van der Waals surface area (Å²) in [6.45, 7) is 10.1. The summed E-state index contributed by atoms with van der Waals surface area (Å²) in [4.78, 5) is 20.2. The number of amidine groups is 1. The van der Waals surface area contributed by atoms with Gasteiger partial charge in [-0.05, 0) is 55.7 Å². The molecule has 10 nitrogen and oxygen atoms in total. The van der Waals surface area contributed by atoms with E-state index in [4.69, 9.17) is 22.7 Å². The van der Waals surface area contributed by atoms with Crippen molar-refractivity contribution in [2.24, 2.45) is 0 Å². The number of halogens is 2. The van der Waals surface area contributed by atoms with Crippen molar-refractivity contribution in [2.45, 2.75) is 32.9 Å². The van der Waals surface area contributed by atoms with Crippen LogP contribution in [0.3, 0.4) is 0 Å². The summed E-state index contributed by atoms with van der Waals surface area (Å²) in [5.41, 5.74) is 9.79. The zero-order valence-electron chi connectivity index (χ0n) is 24.2. The van der Waals surface area contributed by atoms with Crippen LogP contribution in [0.5, 0.6) is 0 Å². The van der Waals surface area contributed by atoms with Gasteiger partial charge in [-0.1, -0.05) is 24.2 Å². The fourth-order valence-corrected chi connectivity index (χ4v) is 6.20. The molecule has 12 heteroatoms. The molecule has 7 N–H and O–H groups in total. The first kappa shape index (κ1) is 30.0. The van der Waals surface area contributed by atoms with E-state index in [2.05, 4.69) is 22.2 Å². The lowest BCUT2D eigenvalue weighted by atomic mass is 9.91. The molecular weight excluding hydrogens is 571 g/mol. The van der Waals surface area contributed by atoms with Crippen LogP contribution in [0.2, 0.25) is 5.02 Å². The highest BCUT2D eigenvalue weighted by atomic mass is 35.5. The lowest BCUT2D eigenvalue weighted by Crippen LogP contribution is -2.57. The summed E-state index contributed by atoms with van der Waals surface area (Å²) < 4.78 is 17.2. The fraction of sp³-hybridized carbons (Fsp3) is 0.290. The molecule has 3 aromatic rings. The number of piperazine rings is 1. The molecule has 224 valence electrons. The van der Waals surface area contributed by atoms with Crippen molar-refractivity contribution in [1.82, 2.24) is 14.8 Å². The maximum atomic E-state index is 17.2. The summed E-state index contributed by atoms with van der Waals surface area (Å²) >= 11 is 7.05. The molecule has 1 amide bonds. The molecule has 2 aromatic carbocycles. The number of aromatic nitrogens is 1. The molecule has 2 atom stereocenters. The van der Waals surface area contributed by atoms with Crippen LogP contribution in [0.25, 0.3) is 11.1 Å². The highest BCUT2D eigenvalue weighted by Crippen LogP contribution is 2.48. The van der Waals surface area contributed by atoms with Crippen molar-refractivity contribution in [3.63, 3.8) is 0 Å². The number of aliphatic hydroxyl groups is 1. The number of nitrogen functional groups attached to an aromatic ring is 1. The number of benzene rings is 2. The van der Waals surface area contributed by atoms with Gasteiger partial charge in [-0.2, -0.15) is 0 Å². The number of aliphatic hydroxyl groups excluding tert-OH is 1. The van der Waals surface area contributed by atoms with Crippen molar-refractivity contribution in [3.8, 4) is 11.1 Å². The second-order valence-electron chi connectivity index (χ2n) is 10.8. The van der Waals surface area contributed by atoms with E-state index in [0.29, 0.717) is 71.2 Å². The fourth-order valence-electron chi connectivity index (χ4n) is 5.86. The van der Waals surface area contributed by atoms with E-state index in [9.17, 15) is 15.3 Å². The summed E-state index contributed by atoms with van der Waals surface area (Å²) in [5.74, 6) is -0.913. The molecule has 0 radical (unpaired) electrons. The van der Waals surface area contributed by atoms with E-state index in [1.165, 1.54) is 6.08 Å². The van der Waals surface area contributed by atoms with Gasteiger partial charge in [0.05, 0.1) is 45.5 Å². The Hall–Kier alpha value is -4.48. The summed E-state index contributed by atoms with van der Waals surface area (Å²) in [5, 5.41) is 34.5. The highest BCUT2D eigenvalue weighted by Gasteiger charge is 2.38. The quantitative estimate of drug-likeness (QED) is 0.132. The number of rotatable bonds is 6. The van der Waals surface area contributed by atoms with Gasteiger partial charge in [0.25, 0.3) is 0 Å². The Morgan fingerprint density at radius 3 is 2.67 bits per heavy atom. The Balaban J connectivity index is 1.79. The Labute approximate surface area is 254 Å². The maximum absolute atomic E-state index is 17.2. The van der Waals surface area contributed by atoms with E-state index in [-0.39, 0.29) is 39.6 Å². The van der Waals surface area contributed by atoms with E-state index < -0.39 is 11.9 Å². The second kappa shape index (κ2) is 11.7. The molecule has 0 aliphatic carbocycles. The van der Waals surface area contributed by atoms with Gasteiger partial charge in [-0.25, -0.2) is 4.39 Å². The molecule has 5 rings (SSSR count). The monoisotopic (exact) mass is 604 g/mol. The molecular formula is C31H34ClFN8O2. The Morgan fingerprint density at radius 1 is 1.26 bits per heavy atom. The summed E-state index contributed by atoms with van der Waals surface area (Å²) in [6.07, 6.45) is 2.95. The van der Waals surface area contributed by atoms with Gasteiger partial charge in [-0.15, -0.1) is 0 Å². The third kappa shape index (κ3) is 5.08. The van der Waals surface area contributed by atoms with Crippen LogP contribution in [-0.2, 0) is 4.79 Å². The second-order valence-corrected chi connectivity index (χ2v) is 11.2. The molecule has 1 fully saturated rings. The number of amides is 1. The minimum absolute atomic E-state index is 0.0231. The lowest BCUT2D eigenvalue weighted by Gasteiger charge is -2.41. The number of fused-ring (bicyclic) bond motifs is 2. The van der Waals surface area contributed by atoms with Crippen molar-refractivity contribution in [2.75, 3.05) is 42.5 Å². The van der Waals surface area contributed by atoms with Crippen molar-refractivity contribution < 1.29 is 14.3 Å². The normalized spacial score (nSPS) is 16.9. The first-order valence-corrected chi connectivity index (χ1v) is 14.2. The molecule has 2 aliphatic heterocycles. The topological polar surface area (TPSA) is 154 Å². The molecule has 1 aromatic heterocycles. The van der Waals surface area contributed by atoms with Gasteiger partial charge in [0.2, 0.25) is 5.91 Å². The summed E-state index contributed by atoms with van der Waals surface area (Å²) in [7, 11) is 0. The molecule has 3 heterocycles. The van der Waals surface area contributed by atoms with E-state index in [1.54, 1.807) is 43.1 Å². The Morgan fingerprint density at radius 2 is 2.00 bits per heavy atom. The number of hydrogen-bond acceptors (Lipinski definition) is 8. The van der Waals surface area contributed by atoms with Gasteiger partial charge >= 0.3 is 0 Å². The third-order valence-electron chi connectivity index (χ3n) is 8.10. The van der Waals surface area contributed by atoms with Crippen molar-refractivity contribution in [3.05, 3.63) is 75.8 Å². The standard InChI is InChI=1S/C31H34ClFN8O2/c1-5-21(43)40-10-11-41-18(14-40)13-38-29-24(31(41)36)30(39-27-16(3)8-9-37-28(27)17(4)42)26(33)23(25(29)32)22-15(2)6-7-20(35)19(22)12-34/h5-9,12,17-18,34,36,38-39,42H,1,10-11,13-14,35H2,2-4H3. The maximum Gasteiger partial charge on any atom is 0.246 e. The average Bonchev–Trinajstić information content (AvgIpc) is 3.13. The van der Waals surface area contributed by atoms with Crippen LogP contribution < -0.4 is 16.4 Å². The average molecular weight is 605 g/mol. The number of hydrogen-bond donors (Lipinski definition) is 6. The molecule has 0 spiro atoms. The number of aryl methyl sites for hydroxylation is 2. The Bertz CT molecular complexity index is 1670. The van der Waals surface area contributed by atoms with E-state index in [0.717, 1.165) is 6.21 Å². The minimum Gasteiger partial charge on any atom is -0.398 e. The molecule has 0 saturated carbocycles. The highest BCUT2D eigenvalue weighted by molar-refractivity contribution is 6.38. The smallest absolute Gasteiger partial charge is 0.246 e. The van der Waals surface area contributed by atoms with Crippen LogP contribution in [-0.4, -0.2) is 70.1 Å². The molecule has 43 heavy (non-hydrogen) atoms. The number of nitrogens with one attached hydrogen (secondary N) is 4. The van der Waals surface area contributed by atoms with Gasteiger partial charge in [0, 0.05) is 55.4 Å².